The molecule has 0 amide bonds. The van der Waals surface area contributed by atoms with Crippen LogP contribution in [0, 0.1) is 0 Å². The molecule has 1 atom stereocenters. The van der Waals surface area contributed by atoms with Gasteiger partial charge in [-0.2, -0.15) is 0 Å². The second-order valence-corrected chi connectivity index (χ2v) is 9.14. The van der Waals surface area contributed by atoms with E-state index in [-0.39, 0.29) is 25.2 Å². The van der Waals surface area contributed by atoms with Crippen molar-refractivity contribution in [2.75, 3.05) is 13.2 Å². The topological polar surface area (TPSA) is 61.8 Å². The van der Waals surface area contributed by atoms with E-state index in [1.54, 1.807) is 0 Å². The van der Waals surface area contributed by atoms with Gasteiger partial charge in [-0.3, -0.25) is 9.59 Å². The van der Waals surface area contributed by atoms with E-state index >= 15 is 0 Å². The number of unbranched alkanes of at least 4 members (excludes halogenated alkanes) is 12. The van der Waals surface area contributed by atoms with E-state index in [0.29, 0.717) is 18.6 Å². The second-order valence-electron chi connectivity index (χ2n) is 9.14. The summed E-state index contributed by atoms with van der Waals surface area (Å²) < 4.78 is 16.8. The van der Waals surface area contributed by atoms with Crippen molar-refractivity contribution in [3.63, 3.8) is 0 Å². The third kappa shape index (κ3) is 22.1. The summed E-state index contributed by atoms with van der Waals surface area (Å²) in [5.74, 6) is 0.220. The Kier molecular flexibility index (Phi) is 22.5. The van der Waals surface area contributed by atoms with Crippen LogP contribution in [0.2, 0.25) is 0 Å². The minimum atomic E-state index is -0.589. The predicted octanol–water partition coefficient (Wildman–Crippen LogP) is 8.05. The molecule has 0 fully saturated rings. The lowest BCUT2D eigenvalue weighted by Gasteiger charge is -2.19. The van der Waals surface area contributed by atoms with E-state index in [2.05, 4.69) is 27.4 Å². The molecule has 1 unspecified atom stereocenters. The van der Waals surface area contributed by atoms with Crippen molar-refractivity contribution in [3.8, 4) is 0 Å². The molecule has 0 aliphatic carbocycles. The molecule has 0 aliphatic rings. The summed E-state index contributed by atoms with van der Waals surface area (Å²) in [6, 6.07) is 0. The van der Waals surface area contributed by atoms with Crippen LogP contribution in [-0.2, 0) is 23.8 Å². The van der Waals surface area contributed by atoms with Crippen LogP contribution in [0.5, 0.6) is 0 Å². The fourth-order valence-corrected chi connectivity index (χ4v) is 3.57. The monoisotopic (exact) mass is 468 g/mol. The Labute approximate surface area is 204 Å². The van der Waals surface area contributed by atoms with Gasteiger partial charge in [-0.15, -0.1) is 0 Å². The second kappa shape index (κ2) is 23.6. The maximum Gasteiger partial charge on any atom is 0.306 e. The Morgan fingerprint density at radius 1 is 0.576 bits per heavy atom. The van der Waals surface area contributed by atoms with E-state index in [9.17, 15) is 9.59 Å². The first kappa shape index (κ1) is 31.5. The molecular weight excluding hydrogens is 416 g/mol. The molecule has 0 N–H and O–H groups in total. The van der Waals surface area contributed by atoms with E-state index in [1.807, 2.05) is 0 Å². The highest BCUT2D eigenvalue weighted by atomic mass is 16.6. The van der Waals surface area contributed by atoms with Gasteiger partial charge in [0.25, 0.3) is 0 Å². The highest BCUT2D eigenvalue weighted by Crippen LogP contribution is 2.13. The zero-order chi connectivity index (χ0) is 24.6. The first-order chi connectivity index (χ1) is 16.0. The summed E-state index contributed by atoms with van der Waals surface area (Å²) in [7, 11) is 0. The van der Waals surface area contributed by atoms with Crippen LogP contribution in [0.4, 0.5) is 0 Å². The van der Waals surface area contributed by atoms with Crippen LogP contribution in [0.15, 0.2) is 12.3 Å². The normalized spacial score (nSPS) is 11.7. The number of carbonyl (C=O) groups excluding carboxylic acids is 2. The van der Waals surface area contributed by atoms with Crippen molar-refractivity contribution >= 4 is 11.9 Å². The molecule has 0 aromatic heterocycles. The summed E-state index contributed by atoms with van der Waals surface area (Å²) in [6.07, 6.45) is 17.7. The van der Waals surface area contributed by atoms with Crippen molar-refractivity contribution < 1.29 is 23.8 Å². The smallest absolute Gasteiger partial charge is 0.306 e. The van der Waals surface area contributed by atoms with Gasteiger partial charge in [0.05, 0.1) is 5.76 Å². The first-order valence-electron chi connectivity index (χ1n) is 13.7. The molecule has 5 nitrogen and oxygen atoms in total. The number of hydrogen-bond acceptors (Lipinski definition) is 5. The van der Waals surface area contributed by atoms with Crippen molar-refractivity contribution in [2.24, 2.45) is 0 Å². The number of allylic oxidation sites excluding steroid dienone is 1. The Morgan fingerprint density at radius 3 is 1.52 bits per heavy atom. The molecule has 194 valence electrons. The van der Waals surface area contributed by atoms with E-state index < -0.39 is 6.10 Å². The molecule has 0 radical (unpaired) electrons. The molecule has 0 aliphatic heterocycles. The molecule has 0 heterocycles. The minimum Gasteiger partial charge on any atom is -0.495 e. The van der Waals surface area contributed by atoms with E-state index in [4.69, 9.17) is 14.2 Å². The highest BCUT2D eigenvalue weighted by molar-refractivity contribution is 5.70. The molecule has 0 spiro atoms. The van der Waals surface area contributed by atoms with Crippen molar-refractivity contribution in [1.82, 2.24) is 0 Å². The maximum atomic E-state index is 12.3. The van der Waals surface area contributed by atoms with Crippen molar-refractivity contribution in [3.05, 3.63) is 12.3 Å². The number of rotatable bonds is 24. The molecule has 0 bridgehead atoms. The Morgan fingerprint density at radius 2 is 1.00 bits per heavy atom. The highest BCUT2D eigenvalue weighted by Gasteiger charge is 2.18. The number of hydrogen-bond donors (Lipinski definition) is 0. The van der Waals surface area contributed by atoms with Crippen molar-refractivity contribution in [2.45, 2.75) is 142 Å². The summed E-state index contributed by atoms with van der Waals surface area (Å²) in [6.45, 7) is 10.8. The zero-order valence-electron chi connectivity index (χ0n) is 22.0. The molecule has 0 aromatic rings. The van der Waals surface area contributed by atoms with Gasteiger partial charge in [-0.05, 0) is 19.3 Å². The van der Waals surface area contributed by atoms with Crippen LogP contribution in [0.1, 0.15) is 136 Å². The zero-order valence-corrected chi connectivity index (χ0v) is 22.0. The van der Waals surface area contributed by atoms with Gasteiger partial charge in [0.2, 0.25) is 0 Å². The minimum absolute atomic E-state index is 0.0408. The molecular formula is C28H52O5. The molecule has 0 rings (SSSR count). The number of ether oxygens (including phenoxy) is 3. The van der Waals surface area contributed by atoms with Gasteiger partial charge in [0.15, 0.2) is 6.10 Å². The lowest BCUT2D eigenvalue weighted by atomic mass is 10.1. The molecule has 33 heavy (non-hydrogen) atoms. The fourth-order valence-electron chi connectivity index (χ4n) is 3.57. The van der Waals surface area contributed by atoms with E-state index in [1.165, 1.54) is 51.4 Å². The van der Waals surface area contributed by atoms with Gasteiger partial charge < -0.3 is 14.2 Å². The summed E-state index contributed by atoms with van der Waals surface area (Å²) in [5.41, 5.74) is 0. The van der Waals surface area contributed by atoms with Gasteiger partial charge in [0, 0.05) is 19.3 Å². The molecule has 0 aromatic carbocycles. The Balaban J connectivity index is 4.37. The summed E-state index contributed by atoms with van der Waals surface area (Å²) in [4.78, 5) is 24.4. The largest absolute Gasteiger partial charge is 0.495 e. The number of carbonyl (C=O) groups is 2. The van der Waals surface area contributed by atoms with E-state index in [0.717, 1.165) is 51.4 Å². The first-order valence-corrected chi connectivity index (χ1v) is 13.7. The number of esters is 2. The van der Waals surface area contributed by atoms with Gasteiger partial charge in [0.1, 0.15) is 13.2 Å². The van der Waals surface area contributed by atoms with Crippen LogP contribution >= 0.6 is 0 Å². The quantitative estimate of drug-likeness (QED) is 0.0814. The third-order valence-corrected chi connectivity index (χ3v) is 5.73. The van der Waals surface area contributed by atoms with Crippen LogP contribution < -0.4 is 0 Å². The van der Waals surface area contributed by atoms with Gasteiger partial charge in [-0.25, -0.2) is 0 Å². The molecule has 0 saturated carbocycles. The summed E-state index contributed by atoms with van der Waals surface area (Å²) in [5, 5.41) is 0. The SMILES string of the molecule is C=C(CCCCCCC)OCC(COC(=O)CCCCCCC)OC(=O)CCCCCCC. The molecule has 0 saturated heterocycles. The Hall–Kier alpha value is -1.52. The predicted molar refractivity (Wildman–Crippen MR) is 136 cm³/mol. The lowest BCUT2D eigenvalue weighted by molar-refractivity contribution is -0.162. The van der Waals surface area contributed by atoms with Crippen LogP contribution in [0.25, 0.3) is 0 Å². The summed E-state index contributed by atoms with van der Waals surface area (Å²) >= 11 is 0. The van der Waals surface area contributed by atoms with Gasteiger partial charge >= 0.3 is 11.9 Å². The standard InChI is InChI=1S/C28H52O5/c1-5-8-11-14-17-20-25(4)31-23-26(33-28(30)22-19-16-13-10-7-3)24-32-27(29)21-18-15-12-9-6-2/h26H,4-24H2,1-3H3. The maximum absolute atomic E-state index is 12.3. The van der Waals surface area contributed by atoms with Gasteiger partial charge in [-0.1, -0.05) is 104 Å². The van der Waals surface area contributed by atoms with Crippen LogP contribution in [-0.4, -0.2) is 31.3 Å². The third-order valence-electron chi connectivity index (χ3n) is 5.73. The fraction of sp³-hybridized carbons (Fsp3) is 0.857. The average Bonchev–Trinajstić information content (AvgIpc) is 2.80. The van der Waals surface area contributed by atoms with Crippen LogP contribution in [0.3, 0.4) is 0 Å². The molecule has 5 heteroatoms. The van der Waals surface area contributed by atoms with Crippen molar-refractivity contribution in [1.29, 1.82) is 0 Å². The average molecular weight is 469 g/mol. The Bertz CT molecular complexity index is 459. The lowest BCUT2D eigenvalue weighted by Crippen LogP contribution is -2.29.